The number of benzene rings is 1. The molecule has 1 atom stereocenters. The van der Waals surface area contributed by atoms with E-state index in [4.69, 9.17) is 23.2 Å². The van der Waals surface area contributed by atoms with Crippen molar-refractivity contribution in [1.82, 2.24) is 4.90 Å². The Hall–Kier alpha value is -1.53. The van der Waals surface area contributed by atoms with E-state index in [2.05, 4.69) is 5.32 Å². The van der Waals surface area contributed by atoms with Crippen LogP contribution in [0, 0.1) is 16.0 Å². The number of nitrogens with one attached hydrogen (secondary N) is 1. The Labute approximate surface area is 137 Å². The Morgan fingerprint density at radius 2 is 1.95 bits per heavy atom. The third-order valence-electron chi connectivity index (χ3n) is 4.03. The van der Waals surface area contributed by atoms with Crippen molar-refractivity contribution in [1.29, 1.82) is 0 Å². The number of nitro benzene ring substituents is 1. The summed E-state index contributed by atoms with van der Waals surface area (Å²) >= 11 is 12.1. The second kappa shape index (κ2) is 5.93. The number of hydrogen-bond acceptors (Lipinski definition) is 4. The van der Waals surface area contributed by atoms with Gasteiger partial charge in [0.1, 0.15) is 0 Å². The lowest BCUT2D eigenvalue weighted by Gasteiger charge is -2.17. The van der Waals surface area contributed by atoms with E-state index in [0.717, 1.165) is 19.4 Å². The second-order valence-electron chi connectivity index (χ2n) is 5.77. The van der Waals surface area contributed by atoms with Crippen LogP contribution in [0.4, 0.5) is 11.4 Å². The number of carbonyl (C=O) groups is 1. The number of likely N-dealkylation sites (tertiary alicyclic amines) is 1. The summed E-state index contributed by atoms with van der Waals surface area (Å²) in [6, 6.07) is 2.97. The lowest BCUT2D eigenvalue weighted by Crippen LogP contribution is -2.28. The molecule has 1 N–H and O–H groups in total. The molecular formula is C14H15Cl2N3O3. The van der Waals surface area contributed by atoms with E-state index in [0.29, 0.717) is 24.7 Å². The third-order valence-corrected chi connectivity index (χ3v) is 4.63. The molecule has 6 nitrogen and oxygen atoms in total. The normalized spacial score (nSPS) is 21.3. The predicted octanol–water partition coefficient (Wildman–Crippen LogP) is 3.32. The molecule has 1 aromatic carbocycles. The molecule has 0 radical (unpaired) electrons. The maximum Gasteiger partial charge on any atom is 0.272 e. The summed E-state index contributed by atoms with van der Waals surface area (Å²) in [5.74, 6) is 0.408. The highest BCUT2D eigenvalue weighted by atomic mass is 35.5. The lowest BCUT2D eigenvalue weighted by molar-refractivity contribution is -0.384. The smallest absolute Gasteiger partial charge is 0.272 e. The van der Waals surface area contributed by atoms with E-state index in [-0.39, 0.29) is 27.6 Å². The van der Waals surface area contributed by atoms with Gasteiger partial charge in [-0.2, -0.15) is 0 Å². The predicted molar refractivity (Wildman–Crippen MR) is 84.4 cm³/mol. The lowest BCUT2D eigenvalue weighted by atomic mass is 10.1. The minimum Gasteiger partial charge on any atom is -0.382 e. The van der Waals surface area contributed by atoms with Crippen molar-refractivity contribution in [3.63, 3.8) is 0 Å². The largest absolute Gasteiger partial charge is 0.382 e. The molecular weight excluding hydrogens is 329 g/mol. The minimum atomic E-state index is -0.537. The first kappa shape index (κ1) is 15.4. The van der Waals surface area contributed by atoms with Crippen LogP contribution < -0.4 is 5.32 Å². The SMILES string of the molecule is O=C1C[C@H](CNc2c(Cl)cc([N+](=O)[O-])cc2Cl)CN1C1CC1. The Morgan fingerprint density at radius 1 is 1.32 bits per heavy atom. The molecule has 118 valence electrons. The fraction of sp³-hybridized carbons (Fsp3) is 0.500. The molecule has 8 heteroatoms. The van der Waals surface area contributed by atoms with Crippen molar-refractivity contribution in [2.45, 2.75) is 25.3 Å². The molecule has 1 amide bonds. The van der Waals surface area contributed by atoms with Gasteiger partial charge in [0.2, 0.25) is 5.91 Å². The van der Waals surface area contributed by atoms with E-state index in [1.165, 1.54) is 12.1 Å². The maximum absolute atomic E-state index is 11.9. The number of halogens is 2. The number of hydrogen-bond donors (Lipinski definition) is 1. The Bertz CT molecular complexity index is 611. The van der Waals surface area contributed by atoms with Crippen LogP contribution in [0.15, 0.2) is 12.1 Å². The number of amides is 1. The summed E-state index contributed by atoms with van der Waals surface area (Å²) in [5.41, 5.74) is 0.336. The summed E-state index contributed by atoms with van der Waals surface area (Å²) in [6.45, 7) is 1.31. The minimum absolute atomic E-state index is 0.142. The van der Waals surface area contributed by atoms with Gasteiger partial charge in [0.15, 0.2) is 0 Å². The van der Waals surface area contributed by atoms with Crippen molar-refractivity contribution in [2.75, 3.05) is 18.4 Å². The van der Waals surface area contributed by atoms with Gasteiger partial charge in [0.05, 0.1) is 20.7 Å². The number of nitro groups is 1. The monoisotopic (exact) mass is 343 g/mol. The van der Waals surface area contributed by atoms with Gasteiger partial charge in [-0.1, -0.05) is 23.2 Å². The Kier molecular flexibility index (Phi) is 4.14. The van der Waals surface area contributed by atoms with Crippen molar-refractivity contribution < 1.29 is 9.72 Å². The second-order valence-corrected chi connectivity index (χ2v) is 6.58. The first-order valence-corrected chi connectivity index (χ1v) is 7.88. The zero-order valence-electron chi connectivity index (χ0n) is 11.7. The van der Waals surface area contributed by atoms with Crippen LogP contribution in [-0.2, 0) is 4.79 Å². The first-order valence-electron chi connectivity index (χ1n) is 7.12. The van der Waals surface area contributed by atoms with Gasteiger partial charge in [-0.15, -0.1) is 0 Å². The van der Waals surface area contributed by atoms with Crippen LogP contribution in [0.25, 0.3) is 0 Å². The van der Waals surface area contributed by atoms with Crippen LogP contribution in [0.1, 0.15) is 19.3 Å². The number of rotatable bonds is 5. The summed E-state index contributed by atoms with van der Waals surface area (Å²) in [6.07, 6.45) is 2.73. The number of carbonyl (C=O) groups excluding carboxylic acids is 1. The van der Waals surface area contributed by atoms with E-state index in [9.17, 15) is 14.9 Å². The fourth-order valence-electron chi connectivity index (χ4n) is 2.76. The molecule has 1 saturated heterocycles. The zero-order chi connectivity index (χ0) is 15.9. The van der Waals surface area contributed by atoms with Gasteiger partial charge in [-0.05, 0) is 12.8 Å². The topological polar surface area (TPSA) is 75.5 Å². The van der Waals surface area contributed by atoms with E-state index >= 15 is 0 Å². The molecule has 1 aliphatic heterocycles. The first-order chi connectivity index (χ1) is 10.5. The number of anilines is 1. The standard InChI is InChI=1S/C14H15Cl2N3O3/c15-11-4-10(19(21)22)5-12(16)14(11)17-6-8-3-13(20)18(7-8)9-1-2-9/h4-5,8-9,17H,1-3,6-7H2/t8-/m1/s1. The van der Waals surface area contributed by atoms with Crippen molar-refractivity contribution in [3.8, 4) is 0 Å². The van der Waals surface area contributed by atoms with Crippen LogP contribution in [0.5, 0.6) is 0 Å². The van der Waals surface area contributed by atoms with Crippen molar-refractivity contribution in [2.24, 2.45) is 5.92 Å². The molecule has 1 saturated carbocycles. The van der Waals surface area contributed by atoms with Crippen LogP contribution in [0.2, 0.25) is 10.0 Å². The summed E-state index contributed by atoms with van der Waals surface area (Å²) in [4.78, 5) is 24.1. The van der Waals surface area contributed by atoms with Crippen LogP contribution in [-0.4, -0.2) is 34.9 Å². The van der Waals surface area contributed by atoms with E-state index in [1.54, 1.807) is 0 Å². The van der Waals surface area contributed by atoms with Gasteiger partial charge in [0.25, 0.3) is 5.69 Å². The average Bonchev–Trinajstić information content (AvgIpc) is 3.21. The van der Waals surface area contributed by atoms with E-state index < -0.39 is 4.92 Å². The highest BCUT2D eigenvalue weighted by Gasteiger charge is 2.39. The molecule has 2 aliphatic rings. The zero-order valence-corrected chi connectivity index (χ0v) is 13.2. The molecule has 1 aromatic rings. The van der Waals surface area contributed by atoms with Gasteiger partial charge >= 0.3 is 0 Å². The molecule has 0 aromatic heterocycles. The quantitative estimate of drug-likeness (QED) is 0.657. The van der Waals surface area contributed by atoms with Gasteiger partial charge in [0, 0.05) is 43.6 Å². The summed E-state index contributed by atoms with van der Waals surface area (Å²) < 4.78 is 0. The third kappa shape index (κ3) is 3.13. The molecule has 3 rings (SSSR count). The van der Waals surface area contributed by atoms with Gasteiger partial charge in [-0.25, -0.2) is 0 Å². The fourth-order valence-corrected chi connectivity index (χ4v) is 3.37. The Morgan fingerprint density at radius 3 is 2.50 bits per heavy atom. The molecule has 0 bridgehead atoms. The molecule has 2 fully saturated rings. The summed E-state index contributed by atoms with van der Waals surface area (Å²) in [7, 11) is 0. The maximum atomic E-state index is 11.9. The molecule has 0 unspecified atom stereocenters. The highest BCUT2D eigenvalue weighted by molar-refractivity contribution is 6.39. The molecule has 1 aliphatic carbocycles. The van der Waals surface area contributed by atoms with Crippen molar-refractivity contribution in [3.05, 3.63) is 32.3 Å². The average molecular weight is 344 g/mol. The number of non-ortho nitro benzene ring substituents is 1. The molecule has 22 heavy (non-hydrogen) atoms. The van der Waals surface area contributed by atoms with E-state index in [1.807, 2.05) is 4.90 Å². The van der Waals surface area contributed by atoms with Crippen LogP contribution in [0.3, 0.4) is 0 Å². The number of nitrogens with zero attached hydrogens (tertiary/aromatic N) is 2. The summed E-state index contributed by atoms with van der Waals surface area (Å²) in [5, 5.41) is 14.3. The van der Waals surface area contributed by atoms with Crippen molar-refractivity contribution >= 4 is 40.5 Å². The Balaban J connectivity index is 1.64. The highest BCUT2D eigenvalue weighted by Crippen LogP contribution is 2.36. The van der Waals surface area contributed by atoms with Crippen LogP contribution >= 0.6 is 23.2 Å². The van der Waals surface area contributed by atoms with Gasteiger partial charge in [-0.3, -0.25) is 14.9 Å². The molecule has 0 spiro atoms. The van der Waals surface area contributed by atoms with Gasteiger partial charge < -0.3 is 10.2 Å². The molecule has 1 heterocycles.